The molecule has 0 unspecified atom stereocenters. The second kappa shape index (κ2) is 8.62. The summed E-state index contributed by atoms with van der Waals surface area (Å²) in [6, 6.07) is 3.16. The highest BCUT2D eigenvalue weighted by Gasteiger charge is 2.25. The highest BCUT2D eigenvalue weighted by molar-refractivity contribution is 5.85. The van der Waals surface area contributed by atoms with Gasteiger partial charge in [-0.3, -0.25) is 14.2 Å². The Morgan fingerprint density at radius 2 is 2.23 bits per heavy atom. The van der Waals surface area contributed by atoms with Crippen LogP contribution in [0.4, 0.5) is 0 Å². The van der Waals surface area contributed by atoms with E-state index in [4.69, 9.17) is 4.74 Å². The van der Waals surface area contributed by atoms with E-state index in [1.54, 1.807) is 19.2 Å². The van der Waals surface area contributed by atoms with Crippen LogP contribution in [0.15, 0.2) is 23.3 Å². The maximum Gasteiger partial charge on any atom is 0.261 e. The van der Waals surface area contributed by atoms with Crippen molar-refractivity contribution < 1.29 is 14.6 Å². The fraction of sp³-hybridized carbons (Fsp3) is 0.500. The Bertz CT molecular complexity index is 852. The Kier molecular flexibility index (Phi) is 6.75. The molecule has 0 aliphatic carbocycles. The number of nitrogens with one attached hydrogen (secondary N) is 1. The fourth-order valence-electron chi connectivity index (χ4n) is 3.33. The number of carbonyl (C=O) groups is 1. The molecular weight excluding hydrogens is 358 g/mol. The summed E-state index contributed by atoms with van der Waals surface area (Å²) in [4.78, 5) is 29.3. The molecule has 1 aliphatic rings. The van der Waals surface area contributed by atoms with Gasteiger partial charge in [0.2, 0.25) is 0 Å². The first-order valence-corrected chi connectivity index (χ1v) is 8.47. The van der Waals surface area contributed by atoms with Crippen molar-refractivity contribution in [3.8, 4) is 5.75 Å². The summed E-state index contributed by atoms with van der Waals surface area (Å²) in [6.45, 7) is 2.60. The minimum Gasteiger partial charge on any atom is -0.496 e. The number of aliphatic hydroxyl groups excluding tert-OH is 1. The Balaban J connectivity index is 0.00000243. The van der Waals surface area contributed by atoms with E-state index in [0.29, 0.717) is 23.1 Å². The van der Waals surface area contributed by atoms with Gasteiger partial charge >= 0.3 is 0 Å². The van der Waals surface area contributed by atoms with Crippen molar-refractivity contribution in [2.24, 2.45) is 0 Å². The largest absolute Gasteiger partial charge is 0.496 e. The molecule has 0 bridgehead atoms. The molecule has 0 radical (unpaired) electrons. The Morgan fingerprint density at radius 3 is 2.92 bits per heavy atom. The van der Waals surface area contributed by atoms with Crippen LogP contribution in [0.3, 0.4) is 0 Å². The molecular formula is C18H24ClN3O4. The second-order valence-electron chi connectivity index (χ2n) is 6.48. The SMILES string of the molecule is COc1ccc2c(=O)n(CC(=O)C[C@H]3NCCC[C@@H]3O)cnc2c1C.Cl. The molecule has 7 nitrogen and oxygen atoms in total. The van der Waals surface area contributed by atoms with Crippen LogP contribution < -0.4 is 15.6 Å². The molecule has 1 aliphatic heterocycles. The molecule has 8 heteroatoms. The first kappa shape index (κ1) is 20.4. The van der Waals surface area contributed by atoms with E-state index in [-0.39, 0.29) is 42.8 Å². The van der Waals surface area contributed by atoms with Crippen molar-refractivity contribution in [2.75, 3.05) is 13.7 Å². The minimum atomic E-state index is -0.515. The van der Waals surface area contributed by atoms with Crippen molar-refractivity contribution in [1.29, 1.82) is 0 Å². The average Bonchev–Trinajstić information content (AvgIpc) is 2.60. The van der Waals surface area contributed by atoms with Gasteiger partial charge in [-0.1, -0.05) is 0 Å². The average molecular weight is 382 g/mol. The summed E-state index contributed by atoms with van der Waals surface area (Å²) in [7, 11) is 1.57. The van der Waals surface area contributed by atoms with Gasteiger partial charge in [-0.25, -0.2) is 4.98 Å². The number of hydrogen-bond acceptors (Lipinski definition) is 6. The third-order valence-corrected chi connectivity index (χ3v) is 4.76. The molecule has 0 saturated carbocycles. The lowest BCUT2D eigenvalue weighted by molar-refractivity contribution is -0.121. The third-order valence-electron chi connectivity index (χ3n) is 4.76. The molecule has 3 rings (SSSR count). The standard InChI is InChI=1S/C18H23N3O4.ClH/c1-11-16(25-2)6-5-13-17(11)20-10-21(18(13)24)9-12(22)8-14-15(23)4-3-7-19-14;/h5-6,10,14-15,19,23H,3-4,7-9H2,1-2H3;1H/t14-,15+;/m1./s1. The third kappa shape index (κ3) is 4.06. The van der Waals surface area contributed by atoms with E-state index in [1.165, 1.54) is 10.9 Å². The Morgan fingerprint density at radius 1 is 1.46 bits per heavy atom. The summed E-state index contributed by atoms with van der Waals surface area (Å²) in [6.07, 6.45) is 2.69. The molecule has 2 atom stereocenters. The first-order chi connectivity index (χ1) is 12.0. The van der Waals surface area contributed by atoms with Gasteiger partial charge in [-0.15, -0.1) is 12.4 Å². The number of ketones is 1. The number of rotatable bonds is 5. The number of aromatic nitrogens is 2. The van der Waals surface area contributed by atoms with E-state index in [0.717, 1.165) is 18.5 Å². The lowest BCUT2D eigenvalue weighted by Crippen LogP contribution is -2.46. The number of halogens is 1. The number of piperidine rings is 1. The fourth-order valence-corrected chi connectivity index (χ4v) is 3.33. The zero-order chi connectivity index (χ0) is 18.0. The van der Waals surface area contributed by atoms with Crippen molar-refractivity contribution >= 4 is 29.1 Å². The van der Waals surface area contributed by atoms with Gasteiger partial charge in [-0.2, -0.15) is 0 Å². The molecule has 142 valence electrons. The monoisotopic (exact) mass is 381 g/mol. The van der Waals surface area contributed by atoms with E-state index in [9.17, 15) is 14.7 Å². The van der Waals surface area contributed by atoms with Crippen LogP contribution in [0.1, 0.15) is 24.8 Å². The number of carbonyl (C=O) groups excluding carboxylic acids is 1. The Labute approximate surface area is 157 Å². The number of ether oxygens (including phenoxy) is 1. The zero-order valence-corrected chi connectivity index (χ0v) is 15.7. The smallest absolute Gasteiger partial charge is 0.261 e. The molecule has 0 spiro atoms. The Hall–Kier alpha value is -1.96. The zero-order valence-electron chi connectivity index (χ0n) is 14.9. The molecule has 2 aromatic rings. The molecule has 0 amide bonds. The number of benzene rings is 1. The van der Waals surface area contributed by atoms with Gasteiger partial charge in [0.1, 0.15) is 5.75 Å². The highest BCUT2D eigenvalue weighted by Crippen LogP contribution is 2.23. The highest BCUT2D eigenvalue weighted by atomic mass is 35.5. The summed E-state index contributed by atoms with van der Waals surface area (Å²) in [5.41, 5.74) is 1.13. The minimum absolute atomic E-state index is 0. The lowest BCUT2D eigenvalue weighted by Gasteiger charge is -2.28. The van der Waals surface area contributed by atoms with Gasteiger partial charge in [0, 0.05) is 18.0 Å². The van der Waals surface area contributed by atoms with Crippen molar-refractivity contribution in [2.45, 2.75) is 44.9 Å². The number of fused-ring (bicyclic) bond motifs is 1. The van der Waals surface area contributed by atoms with Gasteiger partial charge in [0.15, 0.2) is 5.78 Å². The number of aryl methyl sites for hydroxylation is 1. The van der Waals surface area contributed by atoms with Crippen LogP contribution in [0.2, 0.25) is 0 Å². The van der Waals surface area contributed by atoms with Crippen LogP contribution in [0.5, 0.6) is 5.75 Å². The summed E-state index contributed by atoms with van der Waals surface area (Å²) >= 11 is 0. The molecule has 26 heavy (non-hydrogen) atoms. The van der Waals surface area contributed by atoms with Crippen molar-refractivity contribution in [1.82, 2.24) is 14.9 Å². The second-order valence-corrected chi connectivity index (χ2v) is 6.48. The van der Waals surface area contributed by atoms with E-state index < -0.39 is 6.10 Å². The lowest BCUT2D eigenvalue weighted by atomic mass is 9.97. The molecule has 1 saturated heterocycles. The van der Waals surface area contributed by atoms with E-state index in [1.807, 2.05) is 6.92 Å². The molecule has 2 heterocycles. The van der Waals surface area contributed by atoms with Crippen LogP contribution in [0.25, 0.3) is 10.9 Å². The van der Waals surface area contributed by atoms with Crippen LogP contribution >= 0.6 is 12.4 Å². The van der Waals surface area contributed by atoms with Crippen LogP contribution in [-0.2, 0) is 11.3 Å². The predicted octanol–water partition coefficient (Wildman–Crippen LogP) is 1.21. The molecule has 1 aromatic heterocycles. The number of methoxy groups -OCH3 is 1. The molecule has 1 fully saturated rings. The van der Waals surface area contributed by atoms with Crippen molar-refractivity contribution in [3.05, 3.63) is 34.4 Å². The van der Waals surface area contributed by atoms with Gasteiger partial charge < -0.3 is 15.2 Å². The molecule has 1 aromatic carbocycles. The maximum absolute atomic E-state index is 12.6. The number of nitrogens with zero attached hydrogens (tertiary/aromatic N) is 2. The topological polar surface area (TPSA) is 93.5 Å². The summed E-state index contributed by atoms with van der Waals surface area (Å²) < 4.78 is 6.57. The van der Waals surface area contributed by atoms with Gasteiger partial charge in [-0.05, 0) is 38.4 Å². The molecule has 2 N–H and O–H groups in total. The number of Topliss-reactive ketones (excluding diaryl/α,β-unsaturated/α-hetero) is 1. The normalized spacial score (nSPS) is 19.8. The summed E-state index contributed by atoms with van der Waals surface area (Å²) in [5, 5.41) is 13.6. The summed E-state index contributed by atoms with van der Waals surface area (Å²) in [5.74, 6) is 0.567. The number of hydrogen-bond donors (Lipinski definition) is 2. The quantitative estimate of drug-likeness (QED) is 0.808. The van der Waals surface area contributed by atoms with E-state index in [2.05, 4.69) is 10.3 Å². The maximum atomic E-state index is 12.6. The van der Waals surface area contributed by atoms with Crippen LogP contribution in [0, 0.1) is 6.92 Å². The first-order valence-electron chi connectivity index (χ1n) is 8.47. The van der Waals surface area contributed by atoms with Gasteiger partial charge in [0.05, 0.1) is 37.0 Å². The van der Waals surface area contributed by atoms with E-state index >= 15 is 0 Å². The number of aliphatic hydroxyl groups is 1. The van der Waals surface area contributed by atoms with Crippen molar-refractivity contribution in [3.63, 3.8) is 0 Å². The van der Waals surface area contributed by atoms with Crippen LogP contribution in [-0.4, -0.2) is 46.2 Å². The van der Waals surface area contributed by atoms with Gasteiger partial charge in [0.25, 0.3) is 5.56 Å². The predicted molar refractivity (Wildman–Crippen MR) is 101 cm³/mol.